The van der Waals surface area contributed by atoms with Gasteiger partial charge in [-0.15, -0.1) is 11.3 Å². The predicted molar refractivity (Wildman–Crippen MR) is 99.3 cm³/mol. The molecule has 2 heterocycles. The molecule has 1 N–H and O–H groups in total. The monoisotopic (exact) mass is 362 g/mol. The van der Waals surface area contributed by atoms with Gasteiger partial charge in [-0.2, -0.15) is 0 Å². The summed E-state index contributed by atoms with van der Waals surface area (Å²) in [7, 11) is 0. The quantitative estimate of drug-likeness (QED) is 0.807. The minimum Gasteiger partial charge on any atom is -0.485 e. The Morgan fingerprint density at radius 2 is 1.56 bits per heavy atom. The van der Waals surface area contributed by atoms with Crippen molar-refractivity contribution >= 4 is 11.3 Å². The van der Waals surface area contributed by atoms with E-state index in [4.69, 9.17) is 9.47 Å². The predicted octanol–water partition coefficient (Wildman–Crippen LogP) is 4.97. The summed E-state index contributed by atoms with van der Waals surface area (Å²) < 4.78 is 11.8. The maximum Gasteiger partial charge on any atom is 0.178 e. The van der Waals surface area contributed by atoms with Gasteiger partial charge >= 0.3 is 0 Å². The molecule has 1 aromatic heterocycles. The van der Waals surface area contributed by atoms with Crippen LogP contribution in [-0.2, 0) is 5.60 Å². The summed E-state index contributed by atoms with van der Waals surface area (Å²) in [5, 5.41) is 14.5. The lowest BCUT2D eigenvalue weighted by Gasteiger charge is -2.65. The minimum absolute atomic E-state index is 0.000565. The summed E-state index contributed by atoms with van der Waals surface area (Å²) in [5.41, 5.74) is -1.09. The smallest absolute Gasteiger partial charge is 0.178 e. The number of fused-ring (bicyclic) bond motifs is 1. The molecule has 138 valence electrons. The molecule has 1 aromatic rings. The van der Waals surface area contributed by atoms with Crippen LogP contribution in [-0.4, -0.2) is 18.3 Å². The van der Waals surface area contributed by atoms with Crippen molar-refractivity contribution in [1.29, 1.82) is 0 Å². The lowest BCUT2D eigenvalue weighted by molar-refractivity contribution is -0.228. The molecule has 0 amide bonds. The largest absolute Gasteiger partial charge is 0.485 e. The van der Waals surface area contributed by atoms with Gasteiger partial charge in [0.25, 0.3) is 0 Å². The molecule has 0 radical (unpaired) electrons. The van der Waals surface area contributed by atoms with E-state index in [0.717, 1.165) is 34.1 Å². The van der Waals surface area contributed by atoms with Crippen LogP contribution in [0.4, 0.5) is 0 Å². The van der Waals surface area contributed by atoms with Crippen molar-refractivity contribution in [2.24, 2.45) is 28.6 Å². The Morgan fingerprint density at radius 1 is 1.00 bits per heavy atom. The Bertz CT molecular complexity index is 651. The molecule has 4 fully saturated rings. The third-order valence-corrected chi connectivity index (χ3v) is 8.57. The normalized spacial score (nSPS) is 38.6. The average molecular weight is 363 g/mol. The molecule has 4 heteroatoms. The van der Waals surface area contributed by atoms with Crippen molar-refractivity contribution in [2.75, 3.05) is 13.2 Å². The Labute approximate surface area is 154 Å². The van der Waals surface area contributed by atoms with Crippen LogP contribution in [0.5, 0.6) is 11.5 Å². The van der Waals surface area contributed by atoms with Crippen molar-refractivity contribution in [3.05, 3.63) is 10.3 Å². The Morgan fingerprint density at radius 3 is 2.12 bits per heavy atom. The molecule has 0 aromatic carbocycles. The highest BCUT2D eigenvalue weighted by atomic mass is 32.1. The van der Waals surface area contributed by atoms with Gasteiger partial charge < -0.3 is 14.6 Å². The first-order chi connectivity index (χ1) is 11.8. The van der Waals surface area contributed by atoms with Crippen LogP contribution < -0.4 is 9.47 Å². The van der Waals surface area contributed by atoms with Gasteiger partial charge in [0, 0.05) is 10.8 Å². The molecule has 3 nitrogen and oxygen atoms in total. The third-order valence-electron chi connectivity index (χ3n) is 7.52. The van der Waals surface area contributed by atoms with Crippen LogP contribution in [0, 0.1) is 28.6 Å². The number of hydrogen-bond acceptors (Lipinski definition) is 4. The summed E-state index contributed by atoms with van der Waals surface area (Å²) in [6, 6.07) is 0. The molecule has 1 atom stereocenters. The standard InChI is InChI=1S/C21H30O3S/c1-19(2,3)21(22,18-17-16(12-25-18)23-4-5-24-17)20-9-13-6-14(10-20)8-15(7-13)11-20/h12-15,22H,4-11H2,1-3H3. The molecule has 4 aliphatic carbocycles. The third kappa shape index (κ3) is 2.13. The Balaban J connectivity index is 1.67. The number of ether oxygens (including phenoxy) is 2. The summed E-state index contributed by atoms with van der Waals surface area (Å²) in [5.74, 6) is 4.09. The Hall–Kier alpha value is -0.740. The van der Waals surface area contributed by atoms with Crippen molar-refractivity contribution in [2.45, 2.75) is 64.9 Å². The van der Waals surface area contributed by atoms with E-state index < -0.39 is 5.60 Å². The Kier molecular flexibility index (Phi) is 3.39. The minimum atomic E-state index is -0.852. The fourth-order valence-corrected chi connectivity index (χ4v) is 8.40. The van der Waals surface area contributed by atoms with Crippen molar-refractivity contribution < 1.29 is 14.6 Å². The number of thiophene rings is 1. The first-order valence-electron chi connectivity index (χ1n) is 9.92. The van der Waals surface area contributed by atoms with Gasteiger partial charge in [-0.3, -0.25) is 0 Å². The highest BCUT2D eigenvalue weighted by Crippen LogP contribution is 2.70. The van der Waals surface area contributed by atoms with E-state index in [9.17, 15) is 5.11 Å². The number of rotatable bonds is 2. The van der Waals surface area contributed by atoms with Crippen LogP contribution in [0.25, 0.3) is 0 Å². The van der Waals surface area contributed by atoms with E-state index in [1.165, 1.54) is 38.5 Å². The molecule has 5 aliphatic rings. The van der Waals surface area contributed by atoms with E-state index in [2.05, 4.69) is 20.8 Å². The van der Waals surface area contributed by atoms with Gasteiger partial charge in [-0.1, -0.05) is 20.8 Å². The van der Waals surface area contributed by atoms with Crippen molar-refractivity contribution in [3.63, 3.8) is 0 Å². The van der Waals surface area contributed by atoms with E-state index in [0.29, 0.717) is 13.2 Å². The topological polar surface area (TPSA) is 38.7 Å². The molecule has 0 spiro atoms. The molecule has 0 saturated heterocycles. The second kappa shape index (κ2) is 5.16. The fraction of sp³-hybridized carbons (Fsp3) is 0.810. The zero-order valence-electron chi connectivity index (χ0n) is 15.6. The highest BCUT2D eigenvalue weighted by molar-refractivity contribution is 7.10. The molecule has 4 bridgehead atoms. The molecule has 1 aliphatic heterocycles. The first-order valence-corrected chi connectivity index (χ1v) is 10.8. The van der Waals surface area contributed by atoms with E-state index in [-0.39, 0.29) is 10.8 Å². The summed E-state index contributed by atoms with van der Waals surface area (Å²) >= 11 is 1.65. The SMILES string of the molecule is CC(C)(C)C(O)(c1scc2c1OCCO2)C12CC3CC(CC(C3)C1)C2. The van der Waals surface area contributed by atoms with Gasteiger partial charge in [0.1, 0.15) is 18.8 Å². The molecular formula is C21H30O3S. The summed E-state index contributed by atoms with van der Waals surface area (Å²) in [4.78, 5) is 1.02. The lowest BCUT2D eigenvalue weighted by atomic mass is 9.42. The van der Waals surface area contributed by atoms with E-state index >= 15 is 0 Å². The van der Waals surface area contributed by atoms with Crippen LogP contribution in [0.15, 0.2) is 5.38 Å². The van der Waals surface area contributed by atoms with Crippen molar-refractivity contribution in [1.82, 2.24) is 0 Å². The van der Waals surface area contributed by atoms with Crippen LogP contribution in [0.1, 0.15) is 64.2 Å². The van der Waals surface area contributed by atoms with E-state index in [1.807, 2.05) is 5.38 Å². The van der Waals surface area contributed by atoms with Gasteiger partial charge in [0.2, 0.25) is 0 Å². The number of aliphatic hydroxyl groups is 1. The van der Waals surface area contributed by atoms with Gasteiger partial charge in [-0.25, -0.2) is 0 Å². The highest BCUT2D eigenvalue weighted by Gasteiger charge is 2.65. The maximum atomic E-state index is 12.5. The molecular weight excluding hydrogens is 332 g/mol. The van der Waals surface area contributed by atoms with Crippen LogP contribution >= 0.6 is 11.3 Å². The van der Waals surface area contributed by atoms with E-state index in [1.54, 1.807) is 11.3 Å². The zero-order valence-corrected chi connectivity index (χ0v) is 16.5. The second-order valence-corrected chi connectivity index (χ2v) is 11.0. The molecule has 6 rings (SSSR count). The lowest BCUT2D eigenvalue weighted by Crippen LogP contribution is -2.61. The van der Waals surface area contributed by atoms with Gasteiger partial charge in [0.05, 0.1) is 4.88 Å². The van der Waals surface area contributed by atoms with Crippen LogP contribution in [0.3, 0.4) is 0 Å². The zero-order chi connectivity index (χ0) is 17.4. The number of hydrogen-bond donors (Lipinski definition) is 1. The summed E-state index contributed by atoms with van der Waals surface area (Å²) in [6.45, 7) is 7.82. The molecule has 1 unspecified atom stereocenters. The van der Waals surface area contributed by atoms with Gasteiger partial charge in [-0.05, 0) is 61.7 Å². The average Bonchev–Trinajstić information content (AvgIpc) is 2.96. The van der Waals surface area contributed by atoms with Crippen LogP contribution in [0.2, 0.25) is 0 Å². The fourth-order valence-electron chi connectivity index (χ4n) is 7.04. The maximum absolute atomic E-state index is 12.5. The first kappa shape index (κ1) is 16.4. The molecule has 4 saturated carbocycles. The van der Waals surface area contributed by atoms with Gasteiger partial charge in [0.15, 0.2) is 11.5 Å². The molecule has 25 heavy (non-hydrogen) atoms. The second-order valence-electron chi connectivity index (χ2n) is 10.1. The van der Waals surface area contributed by atoms with Crippen molar-refractivity contribution in [3.8, 4) is 11.5 Å². The summed E-state index contributed by atoms with van der Waals surface area (Å²) in [6.07, 6.45) is 7.71.